The van der Waals surface area contributed by atoms with Crippen LogP contribution in [0.4, 0.5) is 10.1 Å². The van der Waals surface area contributed by atoms with Crippen molar-refractivity contribution in [1.82, 2.24) is 14.4 Å². The van der Waals surface area contributed by atoms with E-state index in [0.717, 1.165) is 0 Å². The molecule has 0 aliphatic carbocycles. The molecule has 4 aromatic rings. The summed E-state index contributed by atoms with van der Waals surface area (Å²) in [6, 6.07) is 11.5. The lowest BCUT2D eigenvalue weighted by Gasteiger charge is -2.33. The van der Waals surface area contributed by atoms with Crippen molar-refractivity contribution >= 4 is 27.0 Å². The number of anilines is 1. The molecule has 1 aliphatic heterocycles. The maximum Gasteiger partial charge on any atom is 0.268 e. The zero-order valence-corrected chi connectivity index (χ0v) is 20.5. The standard InChI is InChI=1S/C25H21FN6O3S/c1-14-22(31-12-18(10-27)29-11-23(31)30-14)13-32-21-9-17(8-20(26)24(21)35-15(2)25(32)33)16-5-4-6-19(7-16)36(3,28)34/h4-9,11-12,15,28H,13H2,1-3H3/t15-,36?/m1/s1. The molecule has 1 unspecified atom stereocenters. The summed E-state index contributed by atoms with van der Waals surface area (Å²) < 4.78 is 42.8. The largest absolute Gasteiger partial charge is 0.476 e. The van der Waals surface area contributed by atoms with E-state index in [1.807, 2.05) is 6.07 Å². The van der Waals surface area contributed by atoms with Crippen molar-refractivity contribution in [2.75, 3.05) is 11.2 Å². The number of nitrogens with zero attached hydrogens (tertiary/aromatic N) is 5. The molecule has 1 aliphatic rings. The second kappa shape index (κ2) is 8.42. The first kappa shape index (κ1) is 23.4. The zero-order valence-electron chi connectivity index (χ0n) is 19.7. The van der Waals surface area contributed by atoms with Crippen LogP contribution < -0.4 is 9.64 Å². The van der Waals surface area contributed by atoms with Crippen LogP contribution in [0.25, 0.3) is 16.8 Å². The smallest absolute Gasteiger partial charge is 0.268 e. The normalized spacial score (nSPS) is 16.8. The van der Waals surface area contributed by atoms with Crippen molar-refractivity contribution < 1.29 is 18.1 Å². The molecular formula is C25H21FN6O3S. The van der Waals surface area contributed by atoms with E-state index in [0.29, 0.717) is 33.1 Å². The van der Waals surface area contributed by atoms with Crippen molar-refractivity contribution in [3.8, 4) is 22.9 Å². The number of halogens is 1. The van der Waals surface area contributed by atoms with E-state index >= 15 is 4.39 Å². The third kappa shape index (κ3) is 3.95. The van der Waals surface area contributed by atoms with E-state index in [4.69, 9.17) is 9.52 Å². The minimum Gasteiger partial charge on any atom is -0.476 e. The fraction of sp³-hybridized carbons (Fsp3) is 0.200. The van der Waals surface area contributed by atoms with Gasteiger partial charge in [0.1, 0.15) is 6.07 Å². The van der Waals surface area contributed by atoms with Crippen molar-refractivity contribution in [3.05, 3.63) is 71.7 Å². The van der Waals surface area contributed by atoms with Crippen molar-refractivity contribution in [1.29, 1.82) is 10.0 Å². The van der Waals surface area contributed by atoms with Gasteiger partial charge in [-0.25, -0.2) is 23.3 Å². The van der Waals surface area contributed by atoms with Gasteiger partial charge in [0, 0.05) is 17.3 Å². The van der Waals surface area contributed by atoms with Crippen LogP contribution in [0.1, 0.15) is 24.0 Å². The molecule has 0 fully saturated rings. The first-order chi connectivity index (χ1) is 17.1. The van der Waals surface area contributed by atoms with Gasteiger partial charge < -0.3 is 4.74 Å². The number of aryl methyl sites for hydroxylation is 1. The fourth-order valence-electron chi connectivity index (χ4n) is 4.23. The summed E-state index contributed by atoms with van der Waals surface area (Å²) in [6.45, 7) is 3.40. The third-order valence-corrected chi connectivity index (χ3v) is 7.22. The van der Waals surface area contributed by atoms with E-state index in [9.17, 15) is 14.3 Å². The number of hydrogen-bond donors (Lipinski definition) is 1. The van der Waals surface area contributed by atoms with Gasteiger partial charge in [-0.2, -0.15) is 5.26 Å². The summed E-state index contributed by atoms with van der Waals surface area (Å²) in [5.41, 5.74) is 3.23. The number of amides is 1. The third-order valence-electron chi connectivity index (χ3n) is 6.07. The molecule has 36 heavy (non-hydrogen) atoms. The highest BCUT2D eigenvalue weighted by atomic mass is 32.2. The Kier molecular flexibility index (Phi) is 5.49. The van der Waals surface area contributed by atoms with Crippen LogP contribution in [0, 0.1) is 28.9 Å². The van der Waals surface area contributed by atoms with Gasteiger partial charge in [-0.15, -0.1) is 0 Å². The van der Waals surface area contributed by atoms with Crippen LogP contribution in [0.15, 0.2) is 53.7 Å². The number of benzene rings is 2. The Morgan fingerprint density at radius 2 is 2.06 bits per heavy atom. The van der Waals surface area contributed by atoms with Crippen LogP contribution in [-0.2, 0) is 21.1 Å². The number of carbonyl (C=O) groups excluding carboxylic acids is 1. The number of ether oxygens (including phenoxy) is 1. The van der Waals surface area contributed by atoms with Crippen molar-refractivity contribution in [2.24, 2.45) is 0 Å². The molecule has 9 nitrogen and oxygen atoms in total. The Morgan fingerprint density at radius 1 is 1.28 bits per heavy atom. The first-order valence-electron chi connectivity index (χ1n) is 11.0. The monoisotopic (exact) mass is 504 g/mol. The summed E-state index contributed by atoms with van der Waals surface area (Å²) in [5, 5.41) is 9.26. The maximum absolute atomic E-state index is 15.3. The number of aromatic nitrogens is 3. The van der Waals surface area contributed by atoms with Gasteiger partial charge in [0.15, 0.2) is 29.0 Å². The van der Waals surface area contributed by atoms with Gasteiger partial charge in [0.2, 0.25) is 0 Å². The lowest BCUT2D eigenvalue weighted by molar-refractivity contribution is -0.125. The fourth-order valence-corrected chi connectivity index (χ4v) is 4.92. The Morgan fingerprint density at radius 3 is 2.78 bits per heavy atom. The number of nitriles is 1. The summed E-state index contributed by atoms with van der Waals surface area (Å²) in [7, 11) is -2.97. The van der Waals surface area contributed by atoms with E-state index in [1.165, 1.54) is 23.4 Å². The van der Waals surface area contributed by atoms with Crippen LogP contribution in [0.2, 0.25) is 0 Å². The number of fused-ring (bicyclic) bond motifs is 2. The molecule has 182 valence electrons. The van der Waals surface area contributed by atoms with Gasteiger partial charge in [0.25, 0.3) is 5.91 Å². The maximum atomic E-state index is 15.3. The van der Waals surface area contributed by atoms with Gasteiger partial charge in [-0.05, 0) is 49.2 Å². The summed E-state index contributed by atoms with van der Waals surface area (Å²) in [5.74, 6) is -1.06. The molecule has 0 saturated heterocycles. The molecule has 0 radical (unpaired) electrons. The second-order valence-electron chi connectivity index (χ2n) is 8.62. The van der Waals surface area contributed by atoms with Crippen molar-refractivity contribution in [3.63, 3.8) is 0 Å². The van der Waals surface area contributed by atoms with Crippen LogP contribution in [0.5, 0.6) is 5.75 Å². The quantitative estimate of drug-likeness (QED) is 0.447. The number of hydrogen-bond acceptors (Lipinski definition) is 7. The van der Waals surface area contributed by atoms with Crippen LogP contribution in [-0.4, -0.2) is 36.8 Å². The highest BCUT2D eigenvalue weighted by Crippen LogP contribution is 2.41. The highest BCUT2D eigenvalue weighted by Gasteiger charge is 2.35. The predicted octanol–water partition coefficient (Wildman–Crippen LogP) is 4.07. The second-order valence-corrected chi connectivity index (χ2v) is 10.8. The average Bonchev–Trinajstić information content (AvgIpc) is 3.15. The molecular weight excluding hydrogens is 483 g/mol. The Bertz CT molecular complexity index is 1710. The van der Waals surface area contributed by atoms with Gasteiger partial charge in [0.05, 0.1) is 39.5 Å². The number of nitrogens with one attached hydrogen (secondary N) is 1. The summed E-state index contributed by atoms with van der Waals surface area (Å²) in [4.78, 5) is 23.5. The van der Waals surface area contributed by atoms with E-state index < -0.39 is 21.7 Å². The molecule has 2 aromatic heterocycles. The minimum atomic E-state index is -2.97. The molecule has 1 amide bonds. The van der Waals surface area contributed by atoms with E-state index in [1.54, 1.807) is 54.8 Å². The molecule has 1 N–H and O–H groups in total. The SMILES string of the molecule is Cc1nc2cnc(C#N)cn2c1CN1C(=O)[C@@H](C)Oc2c(F)cc(-c3cccc(S(C)(=N)=O)c3)cc21. The Balaban J connectivity index is 1.65. The average molecular weight is 505 g/mol. The minimum absolute atomic E-state index is 0.0485. The van der Waals surface area contributed by atoms with Gasteiger partial charge >= 0.3 is 0 Å². The lowest BCUT2D eigenvalue weighted by Crippen LogP contribution is -2.44. The number of imidazole rings is 1. The highest BCUT2D eigenvalue weighted by molar-refractivity contribution is 7.91. The lowest BCUT2D eigenvalue weighted by atomic mass is 10.0. The van der Waals surface area contributed by atoms with Crippen LogP contribution in [0.3, 0.4) is 0 Å². The summed E-state index contributed by atoms with van der Waals surface area (Å²) in [6.07, 6.45) is 3.44. The van der Waals surface area contributed by atoms with E-state index in [2.05, 4.69) is 9.97 Å². The van der Waals surface area contributed by atoms with Gasteiger partial charge in [-0.3, -0.25) is 14.1 Å². The molecule has 2 aromatic carbocycles. The molecule has 0 bridgehead atoms. The first-order valence-corrected chi connectivity index (χ1v) is 12.9. The van der Waals surface area contributed by atoms with Crippen molar-refractivity contribution in [2.45, 2.75) is 31.4 Å². The predicted molar refractivity (Wildman–Crippen MR) is 131 cm³/mol. The van der Waals surface area contributed by atoms with E-state index in [-0.39, 0.29) is 29.6 Å². The Hall–Kier alpha value is -4.30. The van der Waals surface area contributed by atoms with Crippen LogP contribution >= 0.6 is 0 Å². The Labute approximate surface area is 206 Å². The number of rotatable bonds is 4. The summed E-state index contributed by atoms with van der Waals surface area (Å²) >= 11 is 0. The molecule has 0 saturated carbocycles. The molecule has 0 spiro atoms. The zero-order chi connectivity index (χ0) is 25.8. The molecule has 3 heterocycles. The van der Waals surface area contributed by atoms with Gasteiger partial charge in [-0.1, -0.05) is 12.1 Å². The molecule has 11 heteroatoms. The molecule has 5 rings (SSSR count). The topological polar surface area (TPSA) is 124 Å². The molecule has 2 atom stereocenters. The number of carbonyl (C=O) groups is 1.